The summed E-state index contributed by atoms with van der Waals surface area (Å²) in [6, 6.07) is -0.0546. The summed E-state index contributed by atoms with van der Waals surface area (Å²) in [4.78, 5) is 12.7. The lowest BCUT2D eigenvalue weighted by atomic mass is 9.96. The van der Waals surface area contributed by atoms with Crippen molar-refractivity contribution in [1.82, 2.24) is 15.5 Å². The fourth-order valence-corrected chi connectivity index (χ4v) is 1.29. The standard InChI is InChI=1S/C11H26N4O/c1-9(2)10(7-12)8-13-5-6-14-11(16)15(3)4/h9-10,13H,5-8,12H2,1-4H3,(H,14,16). The van der Waals surface area contributed by atoms with Crippen molar-refractivity contribution in [2.24, 2.45) is 17.6 Å². The average Bonchev–Trinajstić information content (AvgIpc) is 2.22. The van der Waals surface area contributed by atoms with Gasteiger partial charge >= 0.3 is 6.03 Å². The Bertz CT molecular complexity index is 194. The first-order chi connectivity index (χ1) is 7.49. The van der Waals surface area contributed by atoms with Crippen molar-refractivity contribution >= 4 is 6.03 Å². The molecule has 0 aliphatic carbocycles. The van der Waals surface area contributed by atoms with Crippen LogP contribution < -0.4 is 16.4 Å². The molecule has 0 bridgehead atoms. The predicted octanol–water partition coefficient (Wildman–Crippen LogP) is 0.0781. The van der Waals surface area contributed by atoms with Crippen molar-refractivity contribution in [3.05, 3.63) is 0 Å². The van der Waals surface area contributed by atoms with Crippen LogP contribution in [0.15, 0.2) is 0 Å². The van der Waals surface area contributed by atoms with Gasteiger partial charge in [-0.3, -0.25) is 0 Å². The van der Waals surface area contributed by atoms with Crippen LogP contribution in [-0.4, -0.2) is 51.2 Å². The number of rotatable bonds is 7. The molecule has 0 aromatic rings. The number of nitrogens with zero attached hydrogens (tertiary/aromatic N) is 1. The van der Waals surface area contributed by atoms with E-state index < -0.39 is 0 Å². The lowest BCUT2D eigenvalue weighted by Crippen LogP contribution is -2.40. The van der Waals surface area contributed by atoms with Gasteiger partial charge in [0.15, 0.2) is 0 Å². The molecule has 0 saturated heterocycles. The lowest BCUT2D eigenvalue weighted by molar-refractivity contribution is 0.217. The van der Waals surface area contributed by atoms with E-state index in [4.69, 9.17) is 5.73 Å². The molecule has 0 aromatic carbocycles. The highest BCUT2D eigenvalue weighted by Gasteiger charge is 2.10. The third-order valence-corrected chi connectivity index (χ3v) is 2.64. The zero-order chi connectivity index (χ0) is 12.6. The molecule has 0 radical (unpaired) electrons. The first-order valence-corrected chi connectivity index (χ1v) is 5.85. The van der Waals surface area contributed by atoms with Gasteiger partial charge in [-0.05, 0) is 24.9 Å². The van der Waals surface area contributed by atoms with Crippen LogP contribution >= 0.6 is 0 Å². The summed E-state index contributed by atoms with van der Waals surface area (Å²) < 4.78 is 0. The summed E-state index contributed by atoms with van der Waals surface area (Å²) in [5.41, 5.74) is 5.66. The van der Waals surface area contributed by atoms with Crippen LogP contribution in [0.2, 0.25) is 0 Å². The van der Waals surface area contributed by atoms with E-state index in [0.717, 1.165) is 13.1 Å². The van der Waals surface area contributed by atoms with Gasteiger partial charge in [0.2, 0.25) is 0 Å². The van der Waals surface area contributed by atoms with Gasteiger partial charge in [0.1, 0.15) is 0 Å². The number of urea groups is 1. The van der Waals surface area contributed by atoms with Crippen LogP contribution in [0.3, 0.4) is 0 Å². The van der Waals surface area contributed by atoms with Crippen LogP contribution in [0.5, 0.6) is 0 Å². The van der Waals surface area contributed by atoms with Gasteiger partial charge in [0.05, 0.1) is 0 Å². The largest absolute Gasteiger partial charge is 0.337 e. The van der Waals surface area contributed by atoms with Crippen molar-refractivity contribution < 1.29 is 4.79 Å². The van der Waals surface area contributed by atoms with Crippen molar-refractivity contribution in [2.45, 2.75) is 13.8 Å². The molecule has 0 heterocycles. The van der Waals surface area contributed by atoms with Gasteiger partial charge in [-0.2, -0.15) is 0 Å². The Kier molecular flexibility index (Phi) is 7.93. The van der Waals surface area contributed by atoms with E-state index in [1.165, 1.54) is 4.90 Å². The maximum Gasteiger partial charge on any atom is 0.316 e. The summed E-state index contributed by atoms with van der Waals surface area (Å²) in [7, 11) is 3.46. The molecule has 0 rings (SSSR count). The van der Waals surface area contributed by atoms with E-state index in [9.17, 15) is 4.79 Å². The molecule has 1 atom stereocenters. The number of carbonyl (C=O) groups excluding carboxylic acids is 1. The number of carbonyl (C=O) groups is 1. The Labute approximate surface area is 98.7 Å². The fraction of sp³-hybridized carbons (Fsp3) is 0.909. The molecule has 4 N–H and O–H groups in total. The second kappa shape index (κ2) is 8.35. The Morgan fingerprint density at radius 2 is 1.94 bits per heavy atom. The minimum Gasteiger partial charge on any atom is -0.337 e. The number of nitrogens with two attached hydrogens (primary N) is 1. The van der Waals surface area contributed by atoms with E-state index in [1.807, 2.05) is 0 Å². The SMILES string of the molecule is CC(C)C(CN)CNCCNC(=O)N(C)C. The van der Waals surface area contributed by atoms with E-state index in [0.29, 0.717) is 24.9 Å². The molecular formula is C11H26N4O. The second-order valence-electron chi connectivity index (χ2n) is 4.57. The van der Waals surface area contributed by atoms with Crippen LogP contribution in [0.25, 0.3) is 0 Å². The zero-order valence-electron chi connectivity index (χ0n) is 10.9. The predicted molar refractivity (Wildman–Crippen MR) is 67.3 cm³/mol. The Morgan fingerprint density at radius 3 is 2.38 bits per heavy atom. The topological polar surface area (TPSA) is 70.4 Å². The number of nitrogens with one attached hydrogen (secondary N) is 2. The maximum absolute atomic E-state index is 11.2. The second-order valence-corrected chi connectivity index (χ2v) is 4.57. The van der Waals surface area contributed by atoms with Crippen molar-refractivity contribution in [2.75, 3.05) is 40.3 Å². The zero-order valence-corrected chi connectivity index (χ0v) is 10.9. The summed E-state index contributed by atoms with van der Waals surface area (Å²) in [5.74, 6) is 1.10. The highest BCUT2D eigenvalue weighted by atomic mass is 16.2. The van der Waals surface area contributed by atoms with Crippen LogP contribution in [0, 0.1) is 11.8 Å². The van der Waals surface area contributed by atoms with Gasteiger partial charge in [-0.15, -0.1) is 0 Å². The van der Waals surface area contributed by atoms with E-state index in [2.05, 4.69) is 24.5 Å². The molecule has 0 spiro atoms. The van der Waals surface area contributed by atoms with Crippen molar-refractivity contribution in [1.29, 1.82) is 0 Å². The van der Waals surface area contributed by atoms with Crippen molar-refractivity contribution in [3.63, 3.8) is 0 Å². The Hall–Kier alpha value is -0.810. The van der Waals surface area contributed by atoms with E-state index >= 15 is 0 Å². The molecule has 0 fully saturated rings. The fourth-order valence-electron chi connectivity index (χ4n) is 1.29. The first kappa shape index (κ1) is 15.2. The van der Waals surface area contributed by atoms with Gasteiger partial charge in [-0.25, -0.2) is 4.79 Å². The van der Waals surface area contributed by atoms with Gasteiger partial charge in [0, 0.05) is 27.2 Å². The summed E-state index contributed by atoms with van der Waals surface area (Å²) in [6.45, 7) is 7.38. The van der Waals surface area contributed by atoms with Crippen LogP contribution in [0.4, 0.5) is 4.79 Å². The van der Waals surface area contributed by atoms with Crippen molar-refractivity contribution in [3.8, 4) is 0 Å². The quantitative estimate of drug-likeness (QED) is 0.542. The molecule has 0 saturated carbocycles. The molecule has 2 amide bonds. The summed E-state index contributed by atoms with van der Waals surface area (Å²) in [6.07, 6.45) is 0. The smallest absolute Gasteiger partial charge is 0.316 e. The summed E-state index contributed by atoms with van der Waals surface area (Å²) in [5, 5.41) is 6.10. The minimum atomic E-state index is -0.0546. The monoisotopic (exact) mass is 230 g/mol. The first-order valence-electron chi connectivity index (χ1n) is 5.85. The van der Waals surface area contributed by atoms with E-state index in [-0.39, 0.29) is 6.03 Å². The lowest BCUT2D eigenvalue weighted by Gasteiger charge is -2.19. The molecule has 5 nitrogen and oxygen atoms in total. The molecule has 96 valence electrons. The average molecular weight is 230 g/mol. The number of hydrogen-bond donors (Lipinski definition) is 3. The third-order valence-electron chi connectivity index (χ3n) is 2.64. The summed E-state index contributed by atoms with van der Waals surface area (Å²) >= 11 is 0. The number of hydrogen-bond acceptors (Lipinski definition) is 3. The number of amides is 2. The van der Waals surface area contributed by atoms with Crippen LogP contribution in [0.1, 0.15) is 13.8 Å². The molecule has 0 aliphatic heterocycles. The van der Waals surface area contributed by atoms with E-state index in [1.54, 1.807) is 14.1 Å². The normalized spacial score (nSPS) is 12.6. The molecular weight excluding hydrogens is 204 g/mol. The van der Waals surface area contributed by atoms with Gasteiger partial charge < -0.3 is 21.3 Å². The Balaban J connectivity index is 3.49. The maximum atomic E-state index is 11.2. The molecule has 5 heteroatoms. The highest BCUT2D eigenvalue weighted by Crippen LogP contribution is 2.06. The van der Waals surface area contributed by atoms with Gasteiger partial charge in [-0.1, -0.05) is 13.8 Å². The Morgan fingerprint density at radius 1 is 1.31 bits per heavy atom. The molecule has 0 aromatic heterocycles. The van der Waals surface area contributed by atoms with Crippen LogP contribution in [-0.2, 0) is 0 Å². The minimum absolute atomic E-state index is 0.0546. The molecule has 1 unspecified atom stereocenters. The third kappa shape index (κ3) is 6.63. The highest BCUT2D eigenvalue weighted by molar-refractivity contribution is 5.73. The molecule has 0 aliphatic rings. The molecule has 16 heavy (non-hydrogen) atoms. The van der Waals surface area contributed by atoms with Gasteiger partial charge in [0.25, 0.3) is 0 Å².